The van der Waals surface area contributed by atoms with Crippen LogP contribution in [0, 0.1) is 6.92 Å². The minimum Gasteiger partial charge on any atom is -0.506 e. The summed E-state index contributed by atoms with van der Waals surface area (Å²) in [6.45, 7) is 5.15. The Hall–Kier alpha value is -1.47. The van der Waals surface area contributed by atoms with E-state index in [-0.39, 0.29) is 23.0 Å². The molecular formula is C13H20O6S. The molecule has 1 unspecified atom stereocenters. The van der Waals surface area contributed by atoms with Crippen molar-refractivity contribution >= 4 is 10.1 Å². The molecule has 0 radical (unpaired) electrons. The van der Waals surface area contributed by atoms with Crippen LogP contribution in [0.4, 0.5) is 0 Å². The lowest BCUT2D eigenvalue weighted by Gasteiger charge is -2.22. The fourth-order valence-electron chi connectivity index (χ4n) is 2.23. The molecule has 0 bridgehead atoms. The Morgan fingerprint density at radius 2 is 1.70 bits per heavy atom. The second kappa shape index (κ2) is 5.88. The zero-order valence-electron chi connectivity index (χ0n) is 12.2. The van der Waals surface area contributed by atoms with Gasteiger partial charge in [0.2, 0.25) is 0 Å². The number of phenols is 1. The lowest BCUT2D eigenvalue weighted by molar-refractivity contribution is 0.337. The van der Waals surface area contributed by atoms with E-state index < -0.39 is 20.8 Å². The van der Waals surface area contributed by atoms with E-state index >= 15 is 0 Å². The lowest BCUT2D eigenvalue weighted by atomic mass is 9.94. The number of benzene rings is 1. The standard InChI is InChI=1S/C13H20O6S/c1-6-7(2)9-10(14)13(20(15,16)17)8(3)11(18-4)12(9)19-5/h7,14H,6H2,1-5H3,(H,15,16,17). The van der Waals surface area contributed by atoms with Gasteiger partial charge in [0.1, 0.15) is 10.6 Å². The van der Waals surface area contributed by atoms with E-state index in [1.54, 1.807) is 0 Å². The molecule has 6 nitrogen and oxygen atoms in total. The fraction of sp³-hybridized carbons (Fsp3) is 0.538. The third kappa shape index (κ3) is 2.69. The van der Waals surface area contributed by atoms with Crippen LogP contribution in [0.2, 0.25) is 0 Å². The van der Waals surface area contributed by atoms with Crippen LogP contribution in [0.3, 0.4) is 0 Å². The van der Waals surface area contributed by atoms with Crippen LogP contribution in [-0.4, -0.2) is 32.3 Å². The van der Waals surface area contributed by atoms with Crippen LogP contribution < -0.4 is 9.47 Å². The fourth-order valence-corrected chi connectivity index (χ4v) is 3.06. The number of phenolic OH excluding ortho intramolecular Hbond substituents is 1. The maximum atomic E-state index is 11.5. The van der Waals surface area contributed by atoms with Gasteiger partial charge in [-0.05, 0) is 19.3 Å². The van der Waals surface area contributed by atoms with Crippen molar-refractivity contribution in [1.29, 1.82) is 0 Å². The first kappa shape index (κ1) is 16.6. The molecule has 0 heterocycles. The van der Waals surface area contributed by atoms with Gasteiger partial charge < -0.3 is 14.6 Å². The second-order valence-corrected chi connectivity index (χ2v) is 5.93. The molecule has 0 aliphatic heterocycles. The average molecular weight is 304 g/mol. The number of aromatic hydroxyl groups is 1. The molecule has 0 saturated carbocycles. The van der Waals surface area contributed by atoms with Crippen LogP contribution in [-0.2, 0) is 10.1 Å². The average Bonchev–Trinajstić information content (AvgIpc) is 2.35. The highest BCUT2D eigenvalue weighted by molar-refractivity contribution is 7.86. The highest BCUT2D eigenvalue weighted by atomic mass is 32.2. The third-order valence-corrected chi connectivity index (χ3v) is 4.39. The molecule has 0 aromatic heterocycles. The summed E-state index contributed by atoms with van der Waals surface area (Å²) in [5, 5.41) is 10.3. The van der Waals surface area contributed by atoms with Gasteiger partial charge in [0, 0.05) is 11.1 Å². The Balaban J connectivity index is 3.93. The molecule has 2 N–H and O–H groups in total. The lowest BCUT2D eigenvalue weighted by Crippen LogP contribution is -2.09. The van der Waals surface area contributed by atoms with Gasteiger partial charge in [-0.1, -0.05) is 13.8 Å². The van der Waals surface area contributed by atoms with E-state index in [1.807, 2.05) is 13.8 Å². The molecule has 0 aliphatic carbocycles. The molecule has 1 aromatic carbocycles. The van der Waals surface area contributed by atoms with Crippen molar-refractivity contribution < 1.29 is 27.6 Å². The van der Waals surface area contributed by atoms with Gasteiger partial charge in [0.25, 0.3) is 10.1 Å². The summed E-state index contributed by atoms with van der Waals surface area (Å²) in [7, 11) is -1.79. The topological polar surface area (TPSA) is 93.1 Å². The molecule has 0 saturated heterocycles. The Kier molecular flexibility index (Phi) is 4.88. The van der Waals surface area contributed by atoms with Gasteiger partial charge in [0.05, 0.1) is 14.2 Å². The van der Waals surface area contributed by atoms with Crippen molar-refractivity contribution in [2.24, 2.45) is 0 Å². The van der Waals surface area contributed by atoms with Crippen LogP contribution in [0.15, 0.2) is 4.90 Å². The summed E-state index contributed by atoms with van der Waals surface area (Å²) in [6.07, 6.45) is 0.654. The van der Waals surface area contributed by atoms with E-state index in [4.69, 9.17) is 9.47 Å². The van der Waals surface area contributed by atoms with Crippen molar-refractivity contribution in [3.05, 3.63) is 11.1 Å². The summed E-state index contributed by atoms with van der Waals surface area (Å²) in [4.78, 5) is -0.537. The Labute approximate surface area is 119 Å². The molecule has 0 fully saturated rings. The predicted molar refractivity (Wildman–Crippen MR) is 74.5 cm³/mol. The van der Waals surface area contributed by atoms with Gasteiger partial charge >= 0.3 is 0 Å². The van der Waals surface area contributed by atoms with Gasteiger partial charge in [0.15, 0.2) is 11.5 Å². The Bertz CT molecular complexity index is 606. The van der Waals surface area contributed by atoms with Crippen molar-refractivity contribution in [2.45, 2.75) is 38.0 Å². The molecule has 0 spiro atoms. The first-order valence-electron chi connectivity index (χ1n) is 6.15. The van der Waals surface area contributed by atoms with E-state index in [9.17, 15) is 18.1 Å². The first-order valence-corrected chi connectivity index (χ1v) is 7.59. The van der Waals surface area contributed by atoms with Crippen LogP contribution in [0.25, 0.3) is 0 Å². The summed E-state index contributed by atoms with van der Waals surface area (Å²) in [5.74, 6) is -0.186. The van der Waals surface area contributed by atoms with Crippen LogP contribution in [0.5, 0.6) is 17.2 Å². The van der Waals surface area contributed by atoms with Crippen molar-refractivity contribution in [1.82, 2.24) is 0 Å². The zero-order chi connectivity index (χ0) is 15.7. The third-order valence-electron chi connectivity index (χ3n) is 3.37. The van der Waals surface area contributed by atoms with E-state index in [0.717, 1.165) is 0 Å². The predicted octanol–water partition coefficient (Wildman–Crippen LogP) is 2.48. The highest BCUT2D eigenvalue weighted by Gasteiger charge is 2.31. The molecule has 7 heteroatoms. The van der Waals surface area contributed by atoms with Crippen LogP contribution in [0.1, 0.15) is 37.3 Å². The minimum atomic E-state index is -4.57. The molecule has 0 amide bonds. The summed E-state index contributed by atoms with van der Waals surface area (Å²) in [6, 6.07) is 0. The van der Waals surface area contributed by atoms with E-state index in [2.05, 4.69) is 0 Å². The number of ether oxygens (including phenoxy) is 2. The van der Waals surface area contributed by atoms with Gasteiger partial charge in [-0.3, -0.25) is 4.55 Å². The second-order valence-electron chi connectivity index (χ2n) is 4.57. The Morgan fingerprint density at radius 3 is 2.05 bits per heavy atom. The quantitative estimate of drug-likeness (QED) is 0.812. The van der Waals surface area contributed by atoms with Crippen molar-refractivity contribution in [3.8, 4) is 17.2 Å². The van der Waals surface area contributed by atoms with Crippen molar-refractivity contribution in [3.63, 3.8) is 0 Å². The van der Waals surface area contributed by atoms with Gasteiger partial charge in [-0.15, -0.1) is 0 Å². The number of hydrogen-bond acceptors (Lipinski definition) is 5. The summed E-state index contributed by atoms with van der Waals surface area (Å²) < 4.78 is 42.8. The first-order chi connectivity index (χ1) is 9.20. The number of rotatable bonds is 5. The SMILES string of the molecule is CCC(C)c1c(O)c(S(=O)(=O)O)c(C)c(OC)c1OC. The van der Waals surface area contributed by atoms with E-state index in [1.165, 1.54) is 21.1 Å². The maximum Gasteiger partial charge on any atom is 0.298 e. The smallest absolute Gasteiger partial charge is 0.298 e. The molecule has 1 atom stereocenters. The largest absolute Gasteiger partial charge is 0.506 e. The monoisotopic (exact) mass is 304 g/mol. The molecular weight excluding hydrogens is 284 g/mol. The maximum absolute atomic E-state index is 11.5. The minimum absolute atomic E-state index is 0.108. The summed E-state index contributed by atoms with van der Waals surface area (Å²) in [5.41, 5.74) is 0.418. The highest BCUT2D eigenvalue weighted by Crippen LogP contribution is 2.48. The number of hydrogen-bond donors (Lipinski definition) is 2. The van der Waals surface area contributed by atoms with Gasteiger partial charge in [-0.25, -0.2) is 0 Å². The molecule has 1 rings (SSSR count). The van der Waals surface area contributed by atoms with Gasteiger partial charge in [-0.2, -0.15) is 8.42 Å². The Morgan fingerprint density at radius 1 is 1.20 bits per heavy atom. The number of methoxy groups -OCH3 is 2. The molecule has 1 aromatic rings. The molecule has 20 heavy (non-hydrogen) atoms. The van der Waals surface area contributed by atoms with Crippen molar-refractivity contribution in [2.75, 3.05) is 14.2 Å². The zero-order valence-corrected chi connectivity index (χ0v) is 13.0. The van der Waals surface area contributed by atoms with Crippen LogP contribution >= 0.6 is 0 Å². The molecule has 114 valence electrons. The van der Waals surface area contributed by atoms with E-state index in [0.29, 0.717) is 12.0 Å². The normalized spacial score (nSPS) is 13.1. The summed E-state index contributed by atoms with van der Waals surface area (Å²) >= 11 is 0. The molecule has 0 aliphatic rings.